The fourth-order valence-corrected chi connectivity index (χ4v) is 9.19. The Bertz CT molecular complexity index is 2370. The zero-order valence-corrected chi connectivity index (χ0v) is 41.2. The Balaban J connectivity index is 0.934. The molecule has 17 heteroatoms. The van der Waals surface area contributed by atoms with E-state index in [1.807, 2.05) is 6.07 Å². The molecule has 1 unspecified atom stereocenters. The molecule has 5 aromatic rings. The lowest BCUT2D eigenvalue weighted by molar-refractivity contribution is -0.308. The van der Waals surface area contributed by atoms with E-state index >= 15 is 0 Å². The van der Waals surface area contributed by atoms with Crippen LogP contribution >= 0.6 is 7.82 Å². The Morgan fingerprint density at radius 1 is 0.652 bits per heavy atom. The molecule has 0 aliphatic heterocycles. The van der Waals surface area contributed by atoms with E-state index in [9.17, 15) is 33.7 Å². The number of phosphoric acid groups is 1. The summed E-state index contributed by atoms with van der Waals surface area (Å²) < 4.78 is 39.6. The maximum absolute atomic E-state index is 12.8. The van der Waals surface area contributed by atoms with Gasteiger partial charge in [0.15, 0.2) is 6.10 Å². The quantitative estimate of drug-likeness (QED) is 0.0129. The number of carbonyl (C=O) groups excluding carboxylic acids is 4. The maximum Gasteiger partial charge on any atom is 0.328 e. The van der Waals surface area contributed by atoms with Crippen LogP contribution in [0.1, 0.15) is 153 Å². The lowest BCUT2D eigenvalue weighted by atomic mass is 9.92. The standard InChI is InChI=1S/C52H73N4O12P/c1-2-3-4-5-6-7-8-9-10-11-12-16-19-25-47(57)65-36-44(37-66-69(62,63)67-38-46(53)52(60)61)68-48(58)26-20-17-14-13-15-18-24-43-33-56(55-54-43)34-49(59)64-35-42-30-29-41-28-27-39-22-21-23-40-31-32-45(42)51(41)50(39)40/h21-23,27-33,44,46H,2-20,24-26,34-38,53H2,1H3,(H,60,61)(H,62,63)/p-2/t44-,46+/m1/s1. The fraction of sp³-hybridized carbons (Fsp3) is 0.577. The molecule has 0 bridgehead atoms. The minimum atomic E-state index is -5.05. The monoisotopic (exact) mass is 974 g/mol. The van der Waals surface area contributed by atoms with E-state index in [0.29, 0.717) is 19.3 Å². The van der Waals surface area contributed by atoms with Crippen LogP contribution < -0.4 is 15.7 Å². The number of carboxylic acid groups (broad SMARTS) is 1. The van der Waals surface area contributed by atoms with Gasteiger partial charge in [-0.15, -0.1) is 5.10 Å². The molecule has 0 saturated carbocycles. The number of unbranched alkanes of at least 4 members (excludes halogenated alkanes) is 17. The van der Waals surface area contributed by atoms with E-state index in [1.165, 1.54) is 84.0 Å². The highest BCUT2D eigenvalue weighted by Gasteiger charge is 2.22. The van der Waals surface area contributed by atoms with Crippen molar-refractivity contribution in [2.75, 3.05) is 19.8 Å². The molecule has 0 aliphatic carbocycles. The molecule has 3 atom stereocenters. The Labute approximate surface area is 405 Å². The number of carbonyl (C=O) groups is 4. The molecular formula is C52H71N4O12P-2. The molecule has 1 heterocycles. The Hall–Kier alpha value is -4.99. The van der Waals surface area contributed by atoms with Crippen LogP contribution in [0.5, 0.6) is 0 Å². The third kappa shape index (κ3) is 19.7. The van der Waals surface area contributed by atoms with E-state index in [4.69, 9.17) is 24.5 Å². The molecular weight excluding hydrogens is 904 g/mol. The van der Waals surface area contributed by atoms with E-state index < -0.39 is 63.7 Å². The molecule has 69 heavy (non-hydrogen) atoms. The van der Waals surface area contributed by atoms with Gasteiger partial charge in [0.1, 0.15) is 19.8 Å². The topological polar surface area (TPSA) is 234 Å². The summed E-state index contributed by atoms with van der Waals surface area (Å²) in [5.74, 6) is -3.22. The van der Waals surface area contributed by atoms with Crippen LogP contribution in [0.15, 0.2) is 60.8 Å². The van der Waals surface area contributed by atoms with Gasteiger partial charge in [0.2, 0.25) is 0 Å². The number of benzene rings is 4. The average molecular weight is 975 g/mol. The van der Waals surface area contributed by atoms with Gasteiger partial charge in [-0.25, -0.2) is 4.68 Å². The molecule has 2 N–H and O–H groups in total. The fourth-order valence-electron chi connectivity index (χ4n) is 8.43. The molecule has 0 amide bonds. The van der Waals surface area contributed by atoms with Crippen LogP contribution in [0.3, 0.4) is 0 Å². The highest BCUT2D eigenvalue weighted by atomic mass is 31.2. The van der Waals surface area contributed by atoms with Gasteiger partial charge in [-0.05, 0) is 63.6 Å². The van der Waals surface area contributed by atoms with Crippen molar-refractivity contribution >= 4 is 64.0 Å². The number of rotatable bonds is 37. The molecule has 0 saturated heterocycles. The normalized spacial score (nSPS) is 13.4. The van der Waals surface area contributed by atoms with Crippen molar-refractivity contribution in [3.63, 3.8) is 0 Å². The molecule has 0 fully saturated rings. The van der Waals surface area contributed by atoms with Crippen molar-refractivity contribution in [3.05, 3.63) is 72.1 Å². The first-order chi connectivity index (χ1) is 33.4. The number of phosphoric ester groups is 1. The van der Waals surface area contributed by atoms with Crippen LogP contribution in [0, 0.1) is 0 Å². The van der Waals surface area contributed by atoms with E-state index in [1.54, 1.807) is 6.20 Å². The smallest absolute Gasteiger partial charge is 0.328 e. The summed E-state index contributed by atoms with van der Waals surface area (Å²) in [7, 11) is -5.05. The summed E-state index contributed by atoms with van der Waals surface area (Å²) in [6, 6.07) is 17.1. The summed E-state index contributed by atoms with van der Waals surface area (Å²) in [6.07, 6.45) is 21.5. The Morgan fingerprint density at radius 2 is 1.20 bits per heavy atom. The van der Waals surface area contributed by atoms with Crippen LogP contribution in [0.2, 0.25) is 0 Å². The third-order valence-corrected chi connectivity index (χ3v) is 13.2. The lowest BCUT2D eigenvalue weighted by Gasteiger charge is -2.26. The zero-order valence-electron chi connectivity index (χ0n) is 40.3. The largest absolute Gasteiger partial charge is 0.756 e. The number of aliphatic carboxylic acids is 1. The van der Waals surface area contributed by atoms with Gasteiger partial charge < -0.3 is 43.8 Å². The summed E-state index contributed by atoms with van der Waals surface area (Å²) >= 11 is 0. The number of esters is 3. The molecule has 0 radical (unpaired) electrons. The van der Waals surface area contributed by atoms with Crippen LogP contribution in [-0.4, -0.2) is 70.8 Å². The van der Waals surface area contributed by atoms with Crippen LogP contribution in [0.25, 0.3) is 32.3 Å². The number of aromatic nitrogens is 3. The number of ether oxygens (including phenoxy) is 3. The van der Waals surface area contributed by atoms with Gasteiger partial charge in [-0.3, -0.25) is 18.9 Å². The Morgan fingerprint density at radius 3 is 1.84 bits per heavy atom. The highest BCUT2D eigenvalue weighted by molar-refractivity contribution is 7.45. The van der Waals surface area contributed by atoms with E-state index in [-0.39, 0.29) is 26.0 Å². The van der Waals surface area contributed by atoms with Gasteiger partial charge in [0.05, 0.1) is 30.9 Å². The number of nitrogens with two attached hydrogens (primary N) is 1. The SMILES string of the molecule is CCCCCCCCCCCCCCCC(=O)OC[C@H](COP(=O)([O-])OC[C@H](N)C(=O)[O-])OC(=O)CCCCCCCCc1cn(CC(=O)OCc2ccc3ccc4cccc5ccc2c3c45)nn1. The van der Waals surface area contributed by atoms with Gasteiger partial charge in [0.25, 0.3) is 7.82 Å². The lowest BCUT2D eigenvalue weighted by Crippen LogP contribution is -2.45. The summed E-state index contributed by atoms with van der Waals surface area (Å²) in [6.45, 7) is 0.285. The van der Waals surface area contributed by atoms with Crippen LogP contribution in [0.4, 0.5) is 0 Å². The second-order valence-corrected chi connectivity index (χ2v) is 19.4. The first-order valence-electron chi connectivity index (χ1n) is 25.0. The molecule has 16 nitrogen and oxygen atoms in total. The Kier molecular flexibility index (Phi) is 23.8. The first-order valence-corrected chi connectivity index (χ1v) is 26.5. The molecule has 4 aromatic carbocycles. The van der Waals surface area contributed by atoms with Crippen molar-refractivity contribution < 1.29 is 57.0 Å². The molecule has 5 rings (SSSR count). The van der Waals surface area contributed by atoms with Crippen molar-refractivity contribution in [3.8, 4) is 0 Å². The van der Waals surface area contributed by atoms with Crippen molar-refractivity contribution in [1.82, 2.24) is 15.0 Å². The number of carboxylic acids is 1. The summed E-state index contributed by atoms with van der Waals surface area (Å²) in [4.78, 5) is 61.2. The second kappa shape index (κ2) is 29.9. The van der Waals surface area contributed by atoms with Crippen LogP contribution in [-0.2, 0) is 66.6 Å². The zero-order chi connectivity index (χ0) is 49.3. The highest BCUT2D eigenvalue weighted by Crippen LogP contribution is 2.39. The predicted octanol–water partition coefficient (Wildman–Crippen LogP) is 8.71. The summed E-state index contributed by atoms with van der Waals surface area (Å²) in [5, 5.41) is 26.1. The third-order valence-electron chi connectivity index (χ3n) is 12.3. The second-order valence-electron chi connectivity index (χ2n) is 18.0. The molecule has 1 aromatic heterocycles. The maximum atomic E-state index is 12.8. The number of nitrogens with zero attached hydrogens (tertiary/aromatic N) is 3. The average Bonchev–Trinajstić information content (AvgIpc) is 3.79. The van der Waals surface area contributed by atoms with E-state index in [2.05, 4.69) is 70.3 Å². The van der Waals surface area contributed by atoms with Crippen molar-refractivity contribution in [2.24, 2.45) is 5.73 Å². The number of aryl methyl sites for hydroxylation is 1. The van der Waals surface area contributed by atoms with Crippen molar-refractivity contribution in [1.29, 1.82) is 0 Å². The number of hydrogen-bond acceptors (Lipinski definition) is 15. The van der Waals surface area contributed by atoms with Gasteiger partial charge >= 0.3 is 17.9 Å². The van der Waals surface area contributed by atoms with Gasteiger partial charge in [-0.1, -0.05) is 169 Å². The minimum absolute atomic E-state index is 0.0462. The van der Waals surface area contributed by atoms with Gasteiger partial charge in [-0.2, -0.15) is 0 Å². The number of hydrogen-bond donors (Lipinski definition) is 1. The molecule has 0 aliphatic rings. The minimum Gasteiger partial charge on any atom is -0.756 e. The molecule has 0 spiro atoms. The molecule has 378 valence electrons. The predicted molar refractivity (Wildman–Crippen MR) is 260 cm³/mol. The van der Waals surface area contributed by atoms with Gasteiger partial charge in [0, 0.05) is 19.0 Å². The van der Waals surface area contributed by atoms with Crippen molar-refractivity contribution in [2.45, 2.75) is 173 Å². The first kappa shape index (κ1) is 54.9. The summed E-state index contributed by atoms with van der Waals surface area (Å²) in [5.41, 5.74) is 6.98. The van der Waals surface area contributed by atoms with E-state index in [0.717, 1.165) is 73.4 Å².